The predicted molar refractivity (Wildman–Crippen MR) is 81.9 cm³/mol. The number of ether oxygens (including phenoxy) is 2. The van der Waals surface area contributed by atoms with Gasteiger partial charge in [-0.2, -0.15) is 0 Å². The van der Waals surface area contributed by atoms with Crippen LogP contribution in [0.3, 0.4) is 0 Å². The third kappa shape index (κ3) is 4.63. The van der Waals surface area contributed by atoms with E-state index < -0.39 is 0 Å². The Labute approximate surface area is 126 Å². The van der Waals surface area contributed by atoms with Gasteiger partial charge in [0.1, 0.15) is 0 Å². The van der Waals surface area contributed by atoms with Crippen molar-refractivity contribution in [2.75, 3.05) is 33.9 Å². The molecule has 1 saturated heterocycles. The number of carbonyl (C=O) groups excluding carboxylic acids is 1. The van der Waals surface area contributed by atoms with Gasteiger partial charge in [-0.15, -0.1) is 0 Å². The van der Waals surface area contributed by atoms with E-state index in [9.17, 15) is 4.79 Å². The van der Waals surface area contributed by atoms with Crippen LogP contribution in [0.4, 0.5) is 0 Å². The molecule has 21 heavy (non-hydrogen) atoms. The number of rotatable bonds is 6. The molecule has 1 fully saturated rings. The summed E-state index contributed by atoms with van der Waals surface area (Å²) in [6.45, 7) is 2.84. The van der Waals surface area contributed by atoms with E-state index in [1.807, 2.05) is 18.2 Å². The quantitative estimate of drug-likeness (QED) is 0.831. The van der Waals surface area contributed by atoms with E-state index in [4.69, 9.17) is 9.47 Å². The van der Waals surface area contributed by atoms with Gasteiger partial charge in [0, 0.05) is 6.54 Å². The summed E-state index contributed by atoms with van der Waals surface area (Å²) in [6, 6.07) is 5.57. The van der Waals surface area contributed by atoms with Crippen LogP contribution in [0, 0.1) is 5.92 Å². The zero-order valence-electron chi connectivity index (χ0n) is 12.8. The van der Waals surface area contributed by atoms with Gasteiger partial charge in [-0.25, -0.2) is 0 Å². The van der Waals surface area contributed by atoms with Gasteiger partial charge in [0.15, 0.2) is 11.5 Å². The molecule has 2 N–H and O–H groups in total. The fourth-order valence-corrected chi connectivity index (χ4v) is 2.59. The van der Waals surface area contributed by atoms with E-state index in [1.165, 1.54) is 12.8 Å². The molecule has 116 valence electrons. The van der Waals surface area contributed by atoms with Gasteiger partial charge in [-0.3, -0.25) is 4.79 Å². The SMILES string of the molecule is COc1ccc(CC(=O)NCC2CCCNC2)cc1OC. The summed E-state index contributed by atoms with van der Waals surface area (Å²) in [5, 5.41) is 6.37. The molecule has 0 aliphatic carbocycles. The topological polar surface area (TPSA) is 59.6 Å². The van der Waals surface area contributed by atoms with E-state index in [2.05, 4.69) is 10.6 Å². The number of carbonyl (C=O) groups is 1. The van der Waals surface area contributed by atoms with Crippen molar-refractivity contribution < 1.29 is 14.3 Å². The van der Waals surface area contributed by atoms with Crippen LogP contribution in [-0.4, -0.2) is 39.8 Å². The summed E-state index contributed by atoms with van der Waals surface area (Å²) in [4.78, 5) is 12.0. The highest BCUT2D eigenvalue weighted by Crippen LogP contribution is 2.27. The van der Waals surface area contributed by atoms with Crippen LogP contribution in [0.2, 0.25) is 0 Å². The molecule has 1 aromatic rings. The number of piperidine rings is 1. The highest BCUT2D eigenvalue weighted by atomic mass is 16.5. The fraction of sp³-hybridized carbons (Fsp3) is 0.562. The van der Waals surface area contributed by atoms with Crippen molar-refractivity contribution in [1.29, 1.82) is 0 Å². The lowest BCUT2D eigenvalue weighted by Gasteiger charge is -2.22. The average molecular weight is 292 g/mol. The Morgan fingerprint density at radius 3 is 2.81 bits per heavy atom. The van der Waals surface area contributed by atoms with Crippen LogP contribution < -0.4 is 20.1 Å². The summed E-state index contributed by atoms with van der Waals surface area (Å²) in [5.74, 6) is 1.93. The molecule has 1 atom stereocenters. The number of hydrogen-bond donors (Lipinski definition) is 2. The first-order valence-corrected chi connectivity index (χ1v) is 7.41. The second-order valence-corrected chi connectivity index (χ2v) is 5.38. The van der Waals surface area contributed by atoms with Crippen molar-refractivity contribution in [3.63, 3.8) is 0 Å². The second-order valence-electron chi connectivity index (χ2n) is 5.38. The minimum atomic E-state index is 0.0489. The molecule has 0 bridgehead atoms. The number of methoxy groups -OCH3 is 2. The number of amides is 1. The molecular formula is C16H24N2O3. The molecule has 5 heteroatoms. The summed E-state index contributed by atoms with van der Waals surface area (Å²) < 4.78 is 10.4. The Bertz CT molecular complexity index is 471. The van der Waals surface area contributed by atoms with Crippen LogP contribution in [-0.2, 0) is 11.2 Å². The largest absolute Gasteiger partial charge is 0.493 e. The van der Waals surface area contributed by atoms with Gasteiger partial charge in [0.2, 0.25) is 5.91 Å². The molecule has 0 spiro atoms. The summed E-state index contributed by atoms with van der Waals surface area (Å²) >= 11 is 0. The van der Waals surface area contributed by atoms with Crippen molar-refractivity contribution in [3.05, 3.63) is 23.8 Å². The lowest BCUT2D eigenvalue weighted by Crippen LogP contribution is -2.38. The van der Waals surface area contributed by atoms with Crippen LogP contribution in [0.1, 0.15) is 18.4 Å². The van der Waals surface area contributed by atoms with E-state index >= 15 is 0 Å². The lowest BCUT2D eigenvalue weighted by atomic mass is 9.99. The van der Waals surface area contributed by atoms with Gasteiger partial charge in [0.05, 0.1) is 20.6 Å². The zero-order valence-corrected chi connectivity index (χ0v) is 12.8. The second kappa shape index (κ2) is 7.88. The van der Waals surface area contributed by atoms with E-state index in [1.54, 1.807) is 14.2 Å². The predicted octanol–water partition coefficient (Wildman–Crippen LogP) is 1.36. The van der Waals surface area contributed by atoms with Crippen LogP contribution in [0.25, 0.3) is 0 Å². The highest BCUT2D eigenvalue weighted by Gasteiger charge is 2.14. The summed E-state index contributed by atoms with van der Waals surface area (Å²) in [5.41, 5.74) is 0.923. The Morgan fingerprint density at radius 1 is 1.33 bits per heavy atom. The Kier molecular flexibility index (Phi) is 5.87. The van der Waals surface area contributed by atoms with Crippen molar-refractivity contribution in [2.24, 2.45) is 5.92 Å². The molecule has 1 heterocycles. The Morgan fingerprint density at radius 2 is 2.14 bits per heavy atom. The smallest absolute Gasteiger partial charge is 0.224 e. The molecule has 1 amide bonds. The highest BCUT2D eigenvalue weighted by molar-refractivity contribution is 5.78. The van der Waals surface area contributed by atoms with Crippen molar-refractivity contribution in [3.8, 4) is 11.5 Å². The maximum atomic E-state index is 12.0. The zero-order chi connectivity index (χ0) is 15.1. The monoisotopic (exact) mass is 292 g/mol. The average Bonchev–Trinajstić information content (AvgIpc) is 2.53. The minimum Gasteiger partial charge on any atom is -0.493 e. The molecule has 0 saturated carbocycles. The molecule has 0 aromatic heterocycles. The Balaban J connectivity index is 1.84. The number of benzene rings is 1. The van der Waals surface area contributed by atoms with Crippen LogP contribution in [0.15, 0.2) is 18.2 Å². The van der Waals surface area contributed by atoms with Gasteiger partial charge in [0.25, 0.3) is 0 Å². The first-order chi connectivity index (χ1) is 10.2. The van der Waals surface area contributed by atoms with Gasteiger partial charge >= 0.3 is 0 Å². The summed E-state index contributed by atoms with van der Waals surface area (Å²) in [6.07, 6.45) is 2.74. The first kappa shape index (κ1) is 15.6. The third-order valence-corrected chi connectivity index (χ3v) is 3.80. The Hall–Kier alpha value is -1.75. The fourth-order valence-electron chi connectivity index (χ4n) is 2.59. The summed E-state index contributed by atoms with van der Waals surface area (Å²) in [7, 11) is 3.19. The molecule has 0 radical (unpaired) electrons. The first-order valence-electron chi connectivity index (χ1n) is 7.41. The normalized spacial score (nSPS) is 18.1. The maximum absolute atomic E-state index is 12.0. The minimum absolute atomic E-state index is 0.0489. The maximum Gasteiger partial charge on any atom is 0.224 e. The molecule has 2 rings (SSSR count). The van der Waals surface area contributed by atoms with E-state index in [-0.39, 0.29) is 5.91 Å². The molecule has 5 nitrogen and oxygen atoms in total. The molecular weight excluding hydrogens is 268 g/mol. The van der Waals surface area contributed by atoms with Crippen molar-refractivity contribution in [1.82, 2.24) is 10.6 Å². The molecule has 1 aliphatic heterocycles. The van der Waals surface area contributed by atoms with Gasteiger partial charge < -0.3 is 20.1 Å². The van der Waals surface area contributed by atoms with Crippen LogP contribution >= 0.6 is 0 Å². The van der Waals surface area contributed by atoms with E-state index in [0.29, 0.717) is 23.8 Å². The van der Waals surface area contributed by atoms with Crippen molar-refractivity contribution in [2.45, 2.75) is 19.3 Å². The number of nitrogens with one attached hydrogen (secondary N) is 2. The molecule has 1 unspecified atom stereocenters. The lowest BCUT2D eigenvalue weighted by molar-refractivity contribution is -0.120. The van der Waals surface area contributed by atoms with E-state index in [0.717, 1.165) is 25.2 Å². The van der Waals surface area contributed by atoms with Crippen molar-refractivity contribution >= 4 is 5.91 Å². The molecule has 1 aliphatic rings. The van der Waals surface area contributed by atoms with Crippen LogP contribution in [0.5, 0.6) is 11.5 Å². The molecule has 1 aromatic carbocycles. The third-order valence-electron chi connectivity index (χ3n) is 3.80. The standard InChI is InChI=1S/C16H24N2O3/c1-20-14-6-5-12(8-15(14)21-2)9-16(19)18-11-13-4-3-7-17-10-13/h5-6,8,13,17H,3-4,7,9-11H2,1-2H3,(H,18,19). The van der Waals surface area contributed by atoms with Gasteiger partial charge in [-0.05, 0) is 49.5 Å². The number of hydrogen-bond acceptors (Lipinski definition) is 4. The van der Waals surface area contributed by atoms with Gasteiger partial charge in [-0.1, -0.05) is 6.07 Å².